The first-order valence-corrected chi connectivity index (χ1v) is 10.2. The van der Waals surface area contributed by atoms with Crippen molar-refractivity contribution in [2.45, 2.75) is 23.9 Å². The van der Waals surface area contributed by atoms with Crippen molar-refractivity contribution >= 4 is 23.4 Å². The van der Waals surface area contributed by atoms with Gasteiger partial charge in [0.05, 0.1) is 19.8 Å². The molecule has 2 aromatic rings. The average molecular weight is 388 g/mol. The van der Waals surface area contributed by atoms with Gasteiger partial charge in [0.2, 0.25) is 0 Å². The molecule has 3 rings (SSSR count). The van der Waals surface area contributed by atoms with Crippen molar-refractivity contribution < 1.29 is 14.3 Å². The molecule has 2 heterocycles. The summed E-state index contributed by atoms with van der Waals surface area (Å²) < 4.78 is 10.7. The summed E-state index contributed by atoms with van der Waals surface area (Å²) in [6.07, 6.45) is 5.64. The van der Waals surface area contributed by atoms with E-state index in [0.29, 0.717) is 23.6 Å². The van der Waals surface area contributed by atoms with Gasteiger partial charge in [-0.1, -0.05) is 0 Å². The third-order valence-corrected chi connectivity index (χ3v) is 5.37. The van der Waals surface area contributed by atoms with Crippen molar-refractivity contribution in [2.75, 3.05) is 38.9 Å². The van der Waals surface area contributed by atoms with E-state index in [-0.39, 0.29) is 11.9 Å². The number of piperidine rings is 1. The Morgan fingerprint density at radius 2 is 2.07 bits per heavy atom. The molecule has 1 aromatic carbocycles. The lowest BCUT2D eigenvalue weighted by molar-refractivity contribution is 0.0710. The molecule has 0 spiro atoms. The van der Waals surface area contributed by atoms with E-state index in [0.717, 1.165) is 30.1 Å². The van der Waals surface area contributed by atoms with Gasteiger partial charge < -0.3 is 19.7 Å². The SMILES string of the molecule is COc1ccc(N[C@H]2CCCN(C(=O)c3cccnc3SC)C2)cc1OC. The molecular formula is C20H25N3O3S. The fourth-order valence-corrected chi connectivity index (χ4v) is 3.87. The summed E-state index contributed by atoms with van der Waals surface area (Å²) in [5.41, 5.74) is 1.63. The molecule has 0 saturated carbocycles. The van der Waals surface area contributed by atoms with E-state index in [1.165, 1.54) is 11.8 Å². The molecule has 1 aromatic heterocycles. The summed E-state index contributed by atoms with van der Waals surface area (Å²) in [7, 11) is 3.25. The first-order chi connectivity index (χ1) is 13.2. The number of amides is 1. The predicted molar refractivity (Wildman–Crippen MR) is 108 cm³/mol. The van der Waals surface area contributed by atoms with Gasteiger partial charge in [-0.2, -0.15) is 0 Å². The largest absolute Gasteiger partial charge is 0.493 e. The molecule has 1 saturated heterocycles. The number of nitrogens with one attached hydrogen (secondary N) is 1. The van der Waals surface area contributed by atoms with Crippen molar-refractivity contribution in [1.29, 1.82) is 0 Å². The maximum Gasteiger partial charge on any atom is 0.256 e. The van der Waals surface area contributed by atoms with Crippen LogP contribution in [-0.4, -0.2) is 55.4 Å². The second kappa shape index (κ2) is 8.99. The van der Waals surface area contributed by atoms with Crippen LogP contribution in [0, 0.1) is 0 Å². The fourth-order valence-electron chi connectivity index (χ4n) is 3.33. The average Bonchev–Trinajstić information content (AvgIpc) is 2.73. The summed E-state index contributed by atoms with van der Waals surface area (Å²) >= 11 is 1.50. The van der Waals surface area contributed by atoms with E-state index in [4.69, 9.17) is 9.47 Å². The number of nitrogens with zero attached hydrogens (tertiary/aromatic N) is 2. The molecule has 1 N–H and O–H groups in total. The lowest BCUT2D eigenvalue weighted by Gasteiger charge is -2.34. The van der Waals surface area contributed by atoms with Crippen LogP contribution in [0.1, 0.15) is 23.2 Å². The lowest BCUT2D eigenvalue weighted by atomic mass is 10.0. The summed E-state index contributed by atoms with van der Waals surface area (Å²) in [6, 6.07) is 9.63. The van der Waals surface area contributed by atoms with Gasteiger partial charge in [-0.25, -0.2) is 4.98 Å². The Bertz CT molecular complexity index is 800. The van der Waals surface area contributed by atoms with Crippen molar-refractivity contribution in [3.8, 4) is 11.5 Å². The molecule has 0 bridgehead atoms. The van der Waals surface area contributed by atoms with Crippen LogP contribution in [0.5, 0.6) is 11.5 Å². The Morgan fingerprint density at radius 3 is 2.81 bits per heavy atom. The zero-order valence-electron chi connectivity index (χ0n) is 15.9. The number of aromatic nitrogens is 1. The fraction of sp³-hybridized carbons (Fsp3) is 0.400. The number of carbonyl (C=O) groups is 1. The lowest BCUT2D eigenvalue weighted by Crippen LogP contribution is -2.45. The number of ether oxygens (including phenoxy) is 2. The van der Waals surface area contributed by atoms with Gasteiger partial charge in [0, 0.05) is 37.1 Å². The van der Waals surface area contributed by atoms with Gasteiger partial charge in [-0.05, 0) is 43.4 Å². The van der Waals surface area contributed by atoms with Gasteiger partial charge in [0.1, 0.15) is 5.03 Å². The summed E-state index contributed by atoms with van der Waals surface area (Å²) in [6.45, 7) is 1.43. The van der Waals surface area contributed by atoms with Gasteiger partial charge in [0.15, 0.2) is 11.5 Å². The van der Waals surface area contributed by atoms with Crippen LogP contribution < -0.4 is 14.8 Å². The molecule has 6 nitrogen and oxygen atoms in total. The molecule has 144 valence electrons. The van der Waals surface area contributed by atoms with Crippen molar-refractivity contribution in [3.63, 3.8) is 0 Å². The van der Waals surface area contributed by atoms with Crippen LogP contribution >= 0.6 is 11.8 Å². The molecular weight excluding hydrogens is 362 g/mol. The number of benzene rings is 1. The number of likely N-dealkylation sites (tertiary alicyclic amines) is 1. The Labute approximate surface area is 164 Å². The van der Waals surface area contributed by atoms with E-state index >= 15 is 0 Å². The van der Waals surface area contributed by atoms with E-state index < -0.39 is 0 Å². The molecule has 0 radical (unpaired) electrons. The molecule has 7 heteroatoms. The van der Waals surface area contributed by atoms with E-state index in [2.05, 4.69) is 10.3 Å². The van der Waals surface area contributed by atoms with Crippen LogP contribution in [0.4, 0.5) is 5.69 Å². The summed E-state index contributed by atoms with van der Waals surface area (Å²) in [4.78, 5) is 19.2. The Balaban J connectivity index is 1.70. The van der Waals surface area contributed by atoms with E-state index in [1.807, 2.05) is 41.5 Å². The van der Waals surface area contributed by atoms with Gasteiger partial charge in [-0.15, -0.1) is 11.8 Å². The second-order valence-electron chi connectivity index (χ2n) is 6.36. The molecule has 0 aliphatic carbocycles. The predicted octanol–water partition coefficient (Wildman–Crippen LogP) is 3.54. The maximum atomic E-state index is 13.0. The highest BCUT2D eigenvalue weighted by molar-refractivity contribution is 7.98. The molecule has 1 aliphatic rings. The van der Waals surface area contributed by atoms with Crippen molar-refractivity contribution in [2.24, 2.45) is 0 Å². The third kappa shape index (κ3) is 4.47. The highest BCUT2D eigenvalue weighted by Gasteiger charge is 2.26. The number of methoxy groups -OCH3 is 2. The van der Waals surface area contributed by atoms with Crippen LogP contribution in [0.3, 0.4) is 0 Å². The Morgan fingerprint density at radius 1 is 1.26 bits per heavy atom. The van der Waals surface area contributed by atoms with Gasteiger partial charge in [0.25, 0.3) is 5.91 Å². The van der Waals surface area contributed by atoms with Crippen LogP contribution in [0.25, 0.3) is 0 Å². The minimum atomic E-state index is 0.0475. The van der Waals surface area contributed by atoms with Gasteiger partial charge >= 0.3 is 0 Å². The maximum absolute atomic E-state index is 13.0. The number of carbonyl (C=O) groups excluding carboxylic acids is 1. The van der Waals surface area contributed by atoms with Crippen LogP contribution in [-0.2, 0) is 0 Å². The molecule has 1 fully saturated rings. The minimum absolute atomic E-state index is 0.0475. The topological polar surface area (TPSA) is 63.7 Å². The molecule has 1 amide bonds. The van der Waals surface area contributed by atoms with Gasteiger partial charge in [-0.3, -0.25) is 4.79 Å². The molecule has 1 atom stereocenters. The highest BCUT2D eigenvalue weighted by Crippen LogP contribution is 2.30. The first-order valence-electron chi connectivity index (χ1n) is 8.93. The van der Waals surface area contributed by atoms with Crippen molar-refractivity contribution in [3.05, 3.63) is 42.1 Å². The minimum Gasteiger partial charge on any atom is -0.493 e. The number of thioether (sulfide) groups is 1. The van der Waals surface area contributed by atoms with E-state index in [1.54, 1.807) is 20.4 Å². The number of hydrogen-bond donors (Lipinski definition) is 1. The summed E-state index contributed by atoms with van der Waals surface area (Å²) in [5, 5.41) is 4.30. The zero-order chi connectivity index (χ0) is 19.2. The first kappa shape index (κ1) is 19.4. The smallest absolute Gasteiger partial charge is 0.256 e. The molecule has 0 unspecified atom stereocenters. The Hall–Kier alpha value is -2.41. The third-order valence-electron chi connectivity index (χ3n) is 4.66. The van der Waals surface area contributed by atoms with Crippen LogP contribution in [0.2, 0.25) is 0 Å². The van der Waals surface area contributed by atoms with Crippen molar-refractivity contribution in [1.82, 2.24) is 9.88 Å². The quantitative estimate of drug-likeness (QED) is 0.765. The van der Waals surface area contributed by atoms with E-state index in [9.17, 15) is 4.79 Å². The molecule has 27 heavy (non-hydrogen) atoms. The Kier molecular flexibility index (Phi) is 6.45. The highest BCUT2D eigenvalue weighted by atomic mass is 32.2. The standard InChI is InChI=1S/C20H25N3O3S/c1-25-17-9-8-14(12-18(17)26-2)22-15-6-5-11-23(13-15)20(24)16-7-4-10-21-19(16)27-3/h4,7-10,12,15,22H,5-6,11,13H2,1-3H3/t15-/m0/s1. The zero-order valence-corrected chi connectivity index (χ0v) is 16.7. The second-order valence-corrected chi connectivity index (χ2v) is 7.16. The van der Waals surface area contributed by atoms with Crippen LogP contribution in [0.15, 0.2) is 41.6 Å². The number of anilines is 1. The monoisotopic (exact) mass is 387 g/mol. The number of pyridine rings is 1. The number of hydrogen-bond acceptors (Lipinski definition) is 6. The molecule has 1 aliphatic heterocycles. The summed E-state index contributed by atoms with van der Waals surface area (Å²) in [5.74, 6) is 1.43. The normalized spacial score (nSPS) is 16.7. The number of rotatable bonds is 6.